The number of nitrogens with zero attached hydrogens (tertiary/aromatic N) is 1. The first-order valence-corrected chi connectivity index (χ1v) is 27.9. The molecule has 2 atom stereocenters. The van der Waals surface area contributed by atoms with Crippen molar-refractivity contribution in [3.63, 3.8) is 0 Å². The van der Waals surface area contributed by atoms with E-state index in [-0.39, 0.29) is 11.9 Å². The van der Waals surface area contributed by atoms with E-state index in [0.29, 0.717) is 43.8 Å². The van der Waals surface area contributed by atoms with Gasteiger partial charge in [0, 0.05) is 26.1 Å². The minimum absolute atomic E-state index is 0.0331. The molecule has 1 heterocycles. The van der Waals surface area contributed by atoms with Gasteiger partial charge in [-0.15, -0.1) is 0 Å². The summed E-state index contributed by atoms with van der Waals surface area (Å²) >= 11 is 0. The maximum atomic E-state index is 12.6. The molecule has 0 aromatic heterocycles. The minimum atomic E-state index is 0.0331. The molecule has 0 aromatic rings. The lowest BCUT2D eigenvalue weighted by Crippen LogP contribution is -2.20. The molecule has 1 fully saturated rings. The van der Waals surface area contributed by atoms with Crippen molar-refractivity contribution < 1.29 is 23.8 Å². The highest BCUT2D eigenvalue weighted by atomic mass is 16.5. The van der Waals surface area contributed by atoms with Crippen molar-refractivity contribution in [1.29, 1.82) is 0 Å². The summed E-state index contributed by atoms with van der Waals surface area (Å²) in [5, 5.41) is 0. The summed E-state index contributed by atoms with van der Waals surface area (Å²) in [6, 6.07) is 0. The Morgan fingerprint density at radius 2 is 0.871 bits per heavy atom. The highest BCUT2D eigenvalue weighted by Gasteiger charge is 2.21. The third-order valence-electron chi connectivity index (χ3n) is 14.4. The van der Waals surface area contributed by atoms with Crippen LogP contribution < -0.4 is 0 Å². The number of carbonyl (C=O) groups excluding carboxylic acids is 2. The number of hydrogen-bond acceptors (Lipinski definition) is 6. The van der Waals surface area contributed by atoms with Gasteiger partial charge in [-0.3, -0.25) is 9.59 Å². The number of hydrogen-bond donors (Lipinski definition) is 0. The summed E-state index contributed by atoms with van der Waals surface area (Å²) in [7, 11) is 2.28. The molecule has 0 N–H and O–H groups in total. The normalized spacial score (nSPS) is 15.5. The molecule has 1 rings (SSSR count). The number of likely N-dealkylation sites (tertiary alicyclic amines) is 1. The van der Waals surface area contributed by atoms with Crippen molar-refractivity contribution in [3.05, 3.63) is 0 Å². The van der Waals surface area contributed by atoms with Gasteiger partial charge in [0.1, 0.15) is 0 Å². The van der Waals surface area contributed by atoms with E-state index in [4.69, 9.17) is 14.2 Å². The summed E-state index contributed by atoms with van der Waals surface area (Å²) in [6.07, 6.45) is 44.7. The van der Waals surface area contributed by atoms with Crippen LogP contribution in [0.15, 0.2) is 0 Å². The maximum Gasteiger partial charge on any atom is 0.306 e. The maximum absolute atomic E-state index is 12.6. The van der Waals surface area contributed by atoms with Crippen LogP contribution in [0.5, 0.6) is 0 Å². The van der Waals surface area contributed by atoms with Gasteiger partial charge in [0.25, 0.3) is 0 Å². The van der Waals surface area contributed by atoms with E-state index < -0.39 is 0 Å². The van der Waals surface area contributed by atoms with Crippen LogP contribution in [0.25, 0.3) is 0 Å². The standard InChI is InChI=1S/C56H109NO5/c1-7-11-23-34-51(35-24-12-8-2)47-55(58)61-45-29-21-17-15-19-27-38-53(49-60-44-32-33-50(5)54-40-31-42-57(6)43-41-54)39-28-20-16-18-22-30-46-62-56(59)48-52(36-25-13-9-3)37-26-14-10-4/h50-54H,7-49H2,1-6H3. The predicted molar refractivity (Wildman–Crippen MR) is 267 cm³/mol. The highest BCUT2D eigenvalue weighted by Crippen LogP contribution is 2.28. The van der Waals surface area contributed by atoms with Crippen LogP contribution in [0.3, 0.4) is 0 Å². The van der Waals surface area contributed by atoms with E-state index in [2.05, 4.69) is 46.6 Å². The highest BCUT2D eigenvalue weighted by molar-refractivity contribution is 5.70. The van der Waals surface area contributed by atoms with Gasteiger partial charge in [-0.25, -0.2) is 0 Å². The average molecular weight is 876 g/mol. The average Bonchev–Trinajstić information content (AvgIpc) is 3.49. The Morgan fingerprint density at radius 1 is 0.468 bits per heavy atom. The first kappa shape index (κ1) is 58.9. The second-order valence-corrected chi connectivity index (χ2v) is 20.4. The number of ether oxygens (including phenoxy) is 3. The lowest BCUT2D eigenvalue weighted by atomic mass is 9.85. The third-order valence-corrected chi connectivity index (χ3v) is 14.4. The quantitative estimate of drug-likeness (QED) is 0.0449. The van der Waals surface area contributed by atoms with Crippen LogP contribution in [0.4, 0.5) is 0 Å². The summed E-state index contributed by atoms with van der Waals surface area (Å²) in [6.45, 7) is 17.1. The summed E-state index contributed by atoms with van der Waals surface area (Å²) in [5.74, 6) is 3.44. The van der Waals surface area contributed by atoms with Crippen LogP contribution in [0.2, 0.25) is 0 Å². The number of unbranched alkanes of at least 4 members (excludes halogenated alkanes) is 18. The fraction of sp³-hybridized carbons (Fsp3) is 0.964. The molecule has 1 saturated heterocycles. The Bertz CT molecular complexity index is 898. The van der Waals surface area contributed by atoms with Crippen LogP contribution in [0, 0.1) is 29.6 Å². The van der Waals surface area contributed by atoms with Crippen LogP contribution in [-0.4, -0.2) is 63.4 Å². The van der Waals surface area contributed by atoms with Crippen LogP contribution >= 0.6 is 0 Å². The molecule has 0 spiro atoms. The minimum Gasteiger partial charge on any atom is -0.466 e. The number of rotatable bonds is 45. The molecule has 6 heteroatoms. The second-order valence-electron chi connectivity index (χ2n) is 20.4. The smallest absolute Gasteiger partial charge is 0.306 e. The molecular formula is C56H109NO5. The van der Waals surface area contributed by atoms with E-state index in [1.807, 2.05) is 0 Å². The first-order chi connectivity index (χ1) is 30.3. The van der Waals surface area contributed by atoms with Gasteiger partial charge in [0.2, 0.25) is 0 Å². The van der Waals surface area contributed by atoms with Crippen molar-refractivity contribution in [3.8, 4) is 0 Å². The Morgan fingerprint density at radius 3 is 1.32 bits per heavy atom. The third kappa shape index (κ3) is 36.1. The molecular weight excluding hydrogens is 767 g/mol. The second kappa shape index (κ2) is 43.7. The molecule has 6 nitrogen and oxygen atoms in total. The molecule has 2 unspecified atom stereocenters. The first-order valence-electron chi connectivity index (χ1n) is 27.9. The van der Waals surface area contributed by atoms with E-state index in [0.717, 1.165) is 50.7 Å². The zero-order chi connectivity index (χ0) is 45.1. The van der Waals surface area contributed by atoms with Crippen LogP contribution in [-0.2, 0) is 23.8 Å². The van der Waals surface area contributed by atoms with E-state index in [1.165, 1.54) is 212 Å². The Hall–Kier alpha value is -1.14. The molecule has 0 saturated carbocycles. The van der Waals surface area contributed by atoms with Gasteiger partial charge in [-0.05, 0) is 133 Å². The molecule has 0 aliphatic carbocycles. The monoisotopic (exact) mass is 876 g/mol. The zero-order valence-corrected chi connectivity index (χ0v) is 42.8. The zero-order valence-electron chi connectivity index (χ0n) is 42.8. The van der Waals surface area contributed by atoms with Crippen molar-refractivity contribution in [1.82, 2.24) is 4.90 Å². The van der Waals surface area contributed by atoms with Gasteiger partial charge in [0.15, 0.2) is 0 Å². The Kier molecular flexibility index (Phi) is 41.5. The lowest BCUT2D eigenvalue weighted by Gasteiger charge is -2.23. The molecule has 1 aliphatic rings. The fourth-order valence-electron chi connectivity index (χ4n) is 10.0. The van der Waals surface area contributed by atoms with Gasteiger partial charge in [-0.2, -0.15) is 0 Å². The topological polar surface area (TPSA) is 65.1 Å². The molecule has 0 aromatic carbocycles. The lowest BCUT2D eigenvalue weighted by molar-refractivity contribution is -0.146. The van der Waals surface area contributed by atoms with Crippen molar-refractivity contribution in [2.75, 3.05) is 46.6 Å². The summed E-state index contributed by atoms with van der Waals surface area (Å²) < 4.78 is 17.8. The van der Waals surface area contributed by atoms with Gasteiger partial charge in [0.05, 0.1) is 13.2 Å². The molecule has 62 heavy (non-hydrogen) atoms. The fourth-order valence-corrected chi connectivity index (χ4v) is 10.0. The van der Waals surface area contributed by atoms with Gasteiger partial charge < -0.3 is 19.1 Å². The van der Waals surface area contributed by atoms with E-state index >= 15 is 0 Å². The summed E-state index contributed by atoms with van der Waals surface area (Å²) in [4.78, 5) is 27.7. The predicted octanol–water partition coefficient (Wildman–Crippen LogP) is 16.6. The summed E-state index contributed by atoms with van der Waals surface area (Å²) in [5.41, 5.74) is 0. The molecule has 368 valence electrons. The Labute approximate surface area is 387 Å². The number of esters is 2. The van der Waals surface area contributed by atoms with Crippen molar-refractivity contribution >= 4 is 11.9 Å². The molecule has 1 aliphatic heterocycles. The van der Waals surface area contributed by atoms with Gasteiger partial charge >= 0.3 is 11.9 Å². The molecule has 0 radical (unpaired) electrons. The van der Waals surface area contributed by atoms with Gasteiger partial charge in [-0.1, -0.05) is 176 Å². The molecule has 0 amide bonds. The van der Waals surface area contributed by atoms with Crippen molar-refractivity contribution in [2.45, 2.75) is 272 Å². The largest absolute Gasteiger partial charge is 0.466 e. The SMILES string of the molecule is CCCCCC(CCCCC)CC(=O)OCCCCCCCCC(CCCCCCCCOC(=O)CC(CCCCC)CCCCC)COCCCC(C)C1CCCN(C)CC1. The molecule has 0 bridgehead atoms. The van der Waals surface area contributed by atoms with Crippen LogP contribution in [0.1, 0.15) is 272 Å². The van der Waals surface area contributed by atoms with Crippen molar-refractivity contribution in [2.24, 2.45) is 29.6 Å². The van der Waals surface area contributed by atoms with E-state index in [1.54, 1.807) is 0 Å². The number of carbonyl (C=O) groups is 2. The van der Waals surface area contributed by atoms with E-state index in [9.17, 15) is 9.59 Å². The Balaban J connectivity index is 2.34.